The molecule has 0 saturated heterocycles. The standard InChI is InChI=1S/C70H136O17P2/c1-9-63(8)49-41-33-28-29-35-43-51-68(73)81-57-66(86-69(74)52-44-36-25-19-17-15-13-11-10-12-14-16-18-22-30-38-46-60(2)3)59-85-89(78,79)83-55-64(71)54-82-88(76,77)84-58-65(87-70(75)53-45-37-27-21-24-32-40-48-62(6)7)56-80-67(72)50-42-34-26-20-23-31-39-47-61(4)5/h60-66,71H,9-59H2,1-8H3,(H,76,77)(H,78,79)/t63?,64-,65-,66-/m1/s1. The van der Waals surface area contributed by atoms with Gasteiger partial charge in [0.1, 0.15) is 19.3 Å². The first-order valence-electron chi connectivity index (χ1n) is 36.2. The van der Waals surface area contributed by atoms with Gasteiger partial charge in [-0.3, -0.25) is 37.3 Å². The topological polar surface area (TPSA) is 237 Å². The predicted octanol–water partition coefficient (Wildman–Crippen LogP) is 19.7. The van der Waals surface area contributed by atoms with Gasteiger partial charge in [-0.25, -0.2) is 9.13 Å². The minimum atomic E-state index is -4.95. The van der Waals surface area contributed by atoms with E-state index in [1.807, 2.05) is 0 Å². The summed E-state index contributed by atoms with van der Waals surface area (Å²) in [5, 5.41) is 10.6. The molecule has 0 aliphatic carbocycles. The molecule has 19 heteroatoms. The molecule has 17 nitrogen and oxygen atoms in total. The lowest BCUT2D eigenvalue weighted by Gasteiger charge is -2.21. The molecule has 3 unspecified atom stereocenters. The molecule has 0 aromatic heterocycles. The van der Waals surface area contributed by atoms with Crippen LogP contribution in [0.2, 0.25) is 0 Å². The first kappa shape index (κ1) is 87.1. The number of rotatable bonds is 67. The molecule has 89 heavy (non-hydrogen) atoms. The number of ether oxygens (including phenoxy) is 4. The molecule has 0 saturated carbocycles. The lowest BCUT2D eigenvalue weighted by atomic mass is 10.00. The highest BCUT2D eigenvalue weighted by Crippen LogP contribution is 2.45. The molecule has 528 valence electrons. The molecule has 0 aromatic carbocycles. The second-order valence-electron chi connectivity index (χ2n) is 26.9. The summed E-state index contributed by atoms with van der Waals surface area (Å²) in [6.07, 6.45) is 42.0. The van der Waals surface area contributed by atoms with E-state index in [1.165, 1.54) is 135 Å². The van der Waals surface area contributed by atoms with Crippen molar-refractivity contribution in [3.8, 4) is 0 Å². The average molecular weight is 1310 g/mol. The third kappa shape index (κ3) is 63.2. The lowest BCUT2D eigenvalue weighted by Crippen LogP contribution is -2.30. The van der Waals surface area contributed by atoms with Crippen LogP contribution in [0.25, 0.3) is 0 Å². The van der Waals surface area contributed by atoms with Crippen molar-refractivity contribution in [1.29, 1.82) is 0 Å². The van der Waals surface area contributed by atoms with Crippen LogP contribution in [-0.2, 0) is 65.4 Å². The van der Waals surface area contributed by atoms with Crippen LogP contribution in [0.5, 0.6) is 0 Å². The summed E-state index contributed by atoms with van der Waals surface area (Å²) in [4.78, 5) is 72.4. The first-order chi connectivity index (χ1) is 42.6. The largest absolute Gasteiger partial charge is 0.472 e. The number of carbonyl (C=O) groups is 4. The minimum Gasteiger partial charge on any atom is -0.462 e. The lowest BCUT2D eigenvalue weighted by molar-refractivity contribution is -0.161. The Bertz CT molecular complexity index is 1770. The van der Waals surface area contributed by atoms with Gasteiger partial charge in [0.2, 0.25) is 0 Å². The maximum Gasteiger partial charge on any atom is 0.472 e. The molecule has 0 amide bonds. The van der Waals surface area contributed by atoms with Gasteiger partial charge < -0.3 is 33.8 Å². The van der Waals surface area contributed by atoms with Gasteiger partial charge >= 0.3 is 39.5 Å². The number of aliphatic hydroxyl groups excluding tert-OH is 1. The molecule has 3 N–H and O–H groups in total. The zero-order valence-electron chi connectivity index (χ0n) is 58.1. The Morgan fingerprint density at radius 1 is 0.315 bits per heavy atom. The van der Waals surface area contributed by atoms with Crippen LogP contribution in [0.1, 0.15) is 344 Å². The fourth-order valence-electron chi connectivity index (χ4n) is 10.5. The highest BCUT2D eigenvalue weighted by Gasteiger charge is 2.30. The first-order valence-corrected chi connectivity index (χ1v) is 39.2. The second kappa shape index (κ2) is 59.8. The predicted molar refractivity (Wildman–Crippen MR) is 358 cm³/mol. The third-order valence-corrected chi connectivity index (χ3v) is 18.3. The monoisotopic (exact) mass is 1310 g/mol. The number of hydrogen-bond acceptors (Lipinski definition) is 15. The van der Waals surface area contributed by atoms with E-state index in [0.29, 0.717) is 37.5 Å². The van der Waals surface area contributed by atoms with Gasteiger partial charge in [0.25, 0.3) is 0 Å². The Labute approximate surface area is 543 Å². The summed E-state index contributed by atoms with van der Waals surface area (Å²) < 4.78 is 68.2. The van der Waals surface area contributed by atoms with Gasteiger partial charge in [0.05, 0.1) is 26.4 Å². The number of hydrogen-bond donors (Lipinski definition) is 3. The summed E-state index contributed by atoms with van der Waals surface area (Å²) in [5.74, 6) is 0.807. The Hall–Kier alpha value is -1.94. The van der Waals surface area contributed by atoms with Gasteiger partial charge in [-0.1, -0.05) is 293 Å². The van der Waals surface area contributed by atoms with E-state index in [9.17, 15) is 43.2 Å². The number of phosphoric ester groups is 2. The summed E-state index contributed by atoms with van der Waals surface area (Å²) in [7, 11) is -9.90. The van der Waals surface area contributed by atoms with Crippen molar-refractivity contribution in [2.24, 2.45) is 23.7 Å². The molecular formula is C70H136O17P2. The normalized spacial score (nSPS) is 14.6. The van der Waals surface area contributed by atoms with Crippen molar-refractivity contribution in [3.05, 3.63) is 0 Å². The third-order valence-electron chi connectivity index (χ3n) is 16.4. The average Bonchev–Trinajstić information content (AvgIpc) is 3.68. The van der Waals surface area contributed by atoms with E-state index < -0.39 is 97.5 Å². The summed E-state index contributed by atoms with van der Waals surface area (Å²) in [6.45, 7) is 14.0. The Balaban J connectivity index is 5.19. The van der Waals surface area contributed by atoms with Gasteiger partial charge in [0.15, 0.2) is 12.2 Å². The molecule has 0 rings (SSSR count). The Kier molecular flexibility index (Phi) is 58.5. The van der Waals surface area contributed by atoms with Gasteiger partial charge in [-0.05, 0) is 49.4 Å². The fraction of sp³-hybridized carbons (Fsp3) is 0.943. The molecule has 0 aliphatic heterocycles. The van der Waals surface area contributed by atoms with Crippen LogP contribution < -0.4 is 0 Å². The van der Waals surface area contributed by atoms with E-state index in [4.69, 9.17) is 37.0 Å². The number of phosphoric acid groups is 2. The van der Waals surface area contributed by atoms with Crippen molar-refractivity contribution in [1.82, 2.24) is 0 Å². The van der Waals surface area contributed by atoms with Gasteiger partial charge in [0, 0.05) is 25.7 Å². The van der Waals surface area contributed by atoms with Gasteiger partial charge in [-0.15, -0.1) is 0 Å². The maximum absolute atomic E-state index is 13.0. The van der Waals surface area contributed by atoms with E-state index >= 15 is 0 Å². The minimum absolute atomic E-state index is 0.102. The molecule has 0 bridgehead atoms. The van der Waals surface area contributed by atoms with E-state index in [1.54, 1.807) is 0 Å². The van der Waals surface area contributed by atoms with E-state index in [2.05, 4.69) is 55.4 Å². The highest BCUT2D eigenvalue weighted by molar-refractivity contribution is 7.47. The molecular weight excluding hydrogens is 1170 g/mol. The molecule has 0 spiro atoms. The molecule has 6 atom stereocenters. The number of aliphatic hydroxyl groups is 1. The molecule has 0 radical (unpaired) electrons. The highest BCUT2D eigenvalue weighted by atomic mass is 31.2. The Morgan fingerprint density at radius 3 is 0.798 bits per heavy atom. The zero-order chi connectivity index (χ0) is 66.1. The quantitative estimate of drug-likeness (QED) is 0.0222. The summed E-state index contributed by atoms with van der Waals surface area (Å²) in [6, 6.07) is 0. The zero-order valence-corrected chi connectivity index (χ0v) is 59.8. The van der Waals surface area contributed by atoms with E-state index in [0.717, 1.165) is 115 Å². The van der Waals surface area contributed by atoms with Crippen LogP contribution in [0.4, 0.5) is 0 Å². The smallest absolute Gasteiger partial charge is 0.462 e. The van der Waals surface area contributed by atoms with Crippen LogP contribution >= 0.6 is 15.6 Å². The van der Waals surface area contributed by atoms with Crippen molar-refractivity contribution in [3.63, 3.8) is 0 Å². The van der Waals surface area contributed by atoms with Crippen molar-refractivity contribution in [2.45, 2.75) is 363 Å². The maximum atomic E-state index is 13.0. The molecule has 0 aromatic rings. The SMILES string of the molecule is CCC(C)CCCCCCCCC(=O)OC[C@H](COP(=O)(O)OC[C@H](O)COP(=O)(O)OC[C@@H](COC(=O)CCCCCCCCCC(C)C)OC(=O)CCCCCCCCCC(C)C)OC(=O)CCCCCCCCCCCCCCCCCCC(C)C. The number of carbonyl (C=O) groups excluding carboxylic acids is 4. The fourth-order valence-corrected chi connectivity index (χ4v) is 12.0. The second-order valence-corrected chi connectivity index (χ2v) is 29.8. The van der Waals surface area contributed by atoms with Crippen LogP contribution in [0, 0.1) is 23.7 Å². The Morgan fingerprint density at radius 2 is 0.539 bits per heavy atom. The van der Waals surface area contributed by atoms with Crippen LogP contribution in [0.15, 0.2) is 0 Å². The van der Waals surface area contributed by atoms with Crippen molar-refractivity contribution in [2.75, 3.05) is 39.6 Å². The van der Waals surface area contributed by atoms with Gasteiger partial charge in [-0.2, -0.15) is 0 Å². The molecule has 0 aliphatic rings. The van der Waals surface area contributed by atoms with Crippen molar-refractivity contribution < 1.29 is 80.2 Å². The molecule has 0 heterocycles. The van der Waals surface area contributed by atoms with Crippen LogP contribution in [-0.4, -0.2) is 96.7 Å². The van der Waals surface area contributed by atoms with Crippen LogP contribution in [0.3, 0.4) is 0 Å². The van der Waals surface area contributed by atoms with Crippen molar-refractivity contribution >= 4 is 39.5 Å². The van der Waals surface area contributed by atoms with E-state index in [-0.39, 0.29) is 25.7 Å². The molecule has 0 fully saturated rings. The number of esters is 4. The summed E-state index contributed by atoms with van der Waals surface area (Å²) in [5.41, 5.74) is 0. The number of unbranched alkanes of at least 4 members (excludes halogenated alkanes) is 32. The summed E-state index contributed by atoms with van der Waals surface area (Å²) >= 11 is 0.